The number of unbranched alkanes of at least 4 members (excludes halogenated alkanes) is 1. The normalized spacial score (nSPS) is 15.6. The smallest absolute Gasteiger partial charge is 0.363 e. The predicted molar refractivity (Wildman–Crippen MR) is 91.8 cm³/mol. The van der Waals surface area contributed by atoms with Gasteiger partial charge in [0, 0.05) is 0 Å². The highest BCUT2D eigenvalue weighted by Crippen LogP contribution is 2.22. The molecule has 0 unspecified atom stereocenters. The van der Waals surface area contributed by atoms with Crippen LogP contribution < -0.4 is 4.74 Å². The number of ether oxygens (including phenoxy) is 2. The van der Waals surface area contributed by atoms with E-state index in [1.165, 1.54) is 11.3 Å². The number of thiophene rings is 1. The minimum atomic E-state index is -0.420. The molecule has 3 rings (SSSR count). The van der Waals surface area contributed by atoms with Gasteiger partial charge in [-0.15, -0.1) is 11.3 Å². The monoisotopic (exact) mass is 327 g/mol. The van der Waals surface area contributed by atoms with Gasteiger partial charge in [-0.1, -0.05) is 31.5 Å². The molecule has 23 heavy (non-hydrogen) atoms. The minimum absolute atomic E-state index is 0.313. The van der Waals surface area contributed by atoms with Crippen molar-refractivity contribution in [3.63, 3.8) is 0 Å². The third kappa shape index (κ3) is 3.87. The quantitative estimate of drug-likeness (QED) is 0.452. The van der Waals surface area contributed by atoms with Gasteiger partial charge in [0.2, 0.25) is 5.90 Å². The second kappa shape index (κ2) is 7.24. The second-order valence-corrected chi connectivity index (χ2v) is 6.03. The summed E-state index contributed by atoms with van der Waals surface area (Å²) < 4.78 is 10.8. The Kier molecular flexibility index (Phi) is 4.88. The third-order valence-corrected chi connectivity index (χ3v) is 4.16. The lowest BCUT2D eigenvalue weighted by Crippen LogP contribution is -2.03. The molecule has 0 amide bonds. The summed E-state index contributed by atoms with van der Waals surface area (Å²) in [6.07, 6.45) is 3.87. The molecule has 1 aromatic carbocycles. The maximum atomic E-state index is 11.9. The fraction of sp³-hybridized carbons (Fsp3) is 0.222. The van der Waals surface area contributed by atoms with E-state index in [2.05, 4.69) is 11.9 Å². The van der Waals surface area contributed by atoms with E-state index in [0.717, 1.165) is 35.6 Å². The lowest BCUT2D eigenvalue weighted by atomic mass is 10.2. The van der Waals surface area contributed by atoms with Gasteiger partial charge in [0.25, 0.3) is 0 Å². The van der Waals surface area contributed by atoms with E-state index in [0.29, 0.717) is 11.6 Å². The van der Waals surface area contributed by atoms with E-state index in [1.54, 1.807) is 6.08 Å². The molecule has 5 heteroatoms. The lowest BCUT2D eigenvalue weighted by molar-refractivity contribution is -0.129. The van der Waals surface area contributed by atoms with E-state index in [4.69, 9.17) is 9.47 Å². The molecule has 0 spiro atoms. The van der Waals surface area contributed by atoms with E-state index >= 15 is 0 Å². The lowest BCUT2D eigenvalue weighted by Gasteiger charge is -2.05. The Balaban J connectivity index is 1.72. The van der Waals surface area contributed by atoms with Crippen LogP contribution in [0.25, 0.3) is 6.08 Å². The molecule has 0 fully saturated rings. The fourth-order valence-corrected chi connectivity index (χ4v) is 2.72. The molecule has 4 nitrogen and oxygen atoms in total. The molecule has 1 aromatic heterocycles. The van der Waals surface area contributed by atoms with Crippen LogP contribution in [0, 0.1) is 0 Å². The summed E-state index contributed by atoms with van der Waals surface area (Å²) in [7, 11) is 0. The molecule has 1 aliphatic rings. The van der Waals surface area contributed by atoms with Crippen LogP contribution in [0.5, 0.6) is 5.75 Å². The first-order valence-electron chi connectivity index (χ1n) is 7.55. The van der Waals surface area contributed by atoms with Gasteiger partial charge < -0.3 is 9.47 Å². The molecule has 0 radical (unpaired) electrons. The molecule has 0 saturated heterocycles. The second-order valence-electron chi connectivity index (χ2n) is 5.08. The third-order valence-electron chi connectivity index (χ3n) is 3.30. The van der Waals surface area contributed by atoms with Crippen LogP contribution >= 0.6 is 11.3 Å². The van der Waals surface area contributed by atoms with Gasteiger partial charge in [0.1, 0.15) is 5.75 Å². The number of nitrogens with zero attached hydrogens (tertiary/aromatic N) is 1. The summed E-state index contributed by atoms with van der Waals surface area (Å²) in [5, 5.41) is 1.92. The van der Waals surface area contributed by atoms with Gasteiger partial charge in [-0.05, 0) is 41.6 Å². The zero-order chi connectivity index (χ0) is 16.1. The van der Waals surface area contributed by atoms with Gasteiger partial charge >= 0.3 is 5.97 Å². The van der Waals surface area contributed by atoms with Crippen molar-refractivity contribution in [3.8, 4) is 5.75 Å². The van der Waals surface area contributed by atoms with Crippen LogP contribution in [0.4, 0.5) is 0 Å². The minimum Gasteiger partial charge on any atom is -0.494 e. The Morgan fingerprint density at radius 3 is 2.78 bits per heavy atom. The largest absolute Gasteiger partial charge is 0.494 e. The van der Waals surface area contributed by atoms with Crippen molar-refractivity contribution in [2.24, 2.45) is 4.99 Å². The SMILES string of the molecule is CCCCOc1ccc(C=C2N=C(c3cccs3)OC2=O)cc1. The van der Waals surface area contributed by atoms with E-state index < -0.39 is 5.97 Å². The highest BCUT2D eigenvalue weighted by Gasteiger charge is 2.24. The highest BCUT2D eigenvalue weighted by atomic mass is 32.1. The molecule has 1 aliphatic heterocycles. The van der Waals surface area contributed by atoms with Crippen molar-refractivity contribution in [1.82, 2.24) is 0 Å². The van der Waals surface area contributed by atoms with Crippen LogP contribution in [0.15, 0.2) is 52.5 Å². The summed E-state index contributed by atoms with van der Waals surface area (Å²) >= 11 is 1.49. The van der Waals surface area contributed by atoms with Crippen molar-refractivity contribution < 1.29 is 14.3 Å². The predicted octanol–water partition coefficient (Wildman–Crippen LogP) is 4.27. The molecule has 2 heterocycles. The topological polar surface area (TPSA) is 47.9 Å². The van der Waals surface area contributed by atoms with Crippen LogP contribution in [0.1, 0.15) is 30.2 Å². The molecule has 0 saturated carbocycles. The summed E-state index contributed by atoms with van der Waals surface area (Å²) in [4.78, 5) is 17.0. The van der Waals surface area contributed by atoms with Crippen molar-refractivity contribution >= 4 is 29.3 Å². The molecular formula is C18H17NO3S. The van der Waals surface area contributed by atoms with Crippen molar-refractivity contribution in [1.29, 1.82) is 0 Å². The molecule has 0 bridgehead atoms. The molecule has 0 N–H and O–H groups in total. The number of carbonyl (C=O) groups is 1. The number of hydrogen-bond donors (Lipinski definition) is 0. The molecule has 0 atom stereocenters. The van der Waals surface area contributed by atoms with Gasteiger partial charge in [-0.3, -0.25) is 0 Å². The molecule has 0 aliphatic carbocycles. The number of aliphatic imine (C=N–C) groups is 1. The first-order chi connectivity index (χ1) is 11.3. The number of rotatable bonds is 6. The summed E-state index contributed by atoms with van der Waals surface area (Å²) in [5.41, 5.74) is 1.20. The number of carbonyl (C=O) groups excluding carboxylic acids is 1. The van der Waals surface area contributed by atoms with Crippen molar-refractivity contribution in [2.75, 3.05) is 6.61 Å². The van der Waals surface area contributed by atoms with Gasteiger partial charge in [-0.2, -0.15) is 0 Å². The van der Waals surface area contributed by atoms with Crippen LogP contribution in [-0.4, -0.2) is 18.5 Å². The van der Waals surface area contributed by atoms with Gasteiger partial charge in [0.05, 0.1) is 11.5 Å². The van der Waals surface area contributed by atoms with Crippen molar-refractivity contribution in [3.05, 3.63) is 57.9 Å². The molecule has 118 valence electrons. The fourth-order valence-electron chi connectivity index (χ4n) is 2.07. The summed E-state index contributed by atoms with van der Waals surface area (Å²) in [6.45, 7) is 2.85. The first-order valence-corrected chi connectivity index (χ1v) is 8.43. The number of benzene rings is 1. The zero-order valence-corrected chi connectivity index (χ0v) is 13.6. The number of hydrogen-bond acceptors (Lipinski definition) is 5. The summed E-state index contributed by atoms with van der Waals surface area (Å²) in [6, 6.07) is 11.4. The Morgan fingerprint density at radius 1 is 1.26 bits per heavy atom. The van der Waals surface area contributed by atoms with Gasteiger partial charge in [0.15, 0.2) is 5.70 Å². The number of cyclic esters (lactones) is 1. The summed E-state index contributed by atoms with van der Waals surface area (Å²) in [5.74, 6) is 0.782. The maximum absolute atomic E-state index is 11.9. The van der Waals surface area contributed by atoms with Crippen LogP contribution in [0.3, 0.4) is 0 Å². The Hall–Kier alpha value is -2.40. The van der Waals surface area contributed by atoms with E-state index in [1.807, 2.05) is 41.8 Å². The van der Waals surface area contributed by atoms with Crippen LogP contribution in [0.2, 0.25) is 0 Å². The average Bonchev–Trinajstić information content (AvgIpc) is 3.20. The Bertz CT molecular complexity index is 730. The zero-order valence-electron chi connectivity index (χ0n) is 12.8. The number of esters is 1. The Labute approximate surface area is 139 Å². The average molecular weight is 327 g/mol. The van der Waals surface area contributed by atoms with Crippen LogP contribution in [-0.2, 0) is 9.53 Å². The van der Waals surface area contributed by atoms with Crippen molar-refractivity contribution in [2.45, 2.75) is 19.8 Å². The van der Waals surface area contributed by atoms with E-state index in [9.17, 15) is 4.79 Å². The van der Waals surface area contributed by atoms with Gasteiger partial charge in [-0.25, -0.2) is 9.79 Å². The molecule has 2 aromatic rings. The molecular weight excluding hydrogens is 310 g/mol. The van der Waals surface area contributed by atoms with E-state index in [-0.39, 0.29) is 0 Å². The first kappa shape index (κ1) is 15.5. The maximum Gasteiger partial charge on any atom is 0.363 e. The Morgan fingerprint density at radius 2 is 2.09 bits per heavy atom. The highest BCUT2D eigenvalue weighted by molar-refractivity contribution is 7.12. The standard InChI is InChI=1S/C18H17NO3S/c1-2-3-10-21-14-8-6-13(7-9-14)12-15-18(20)22-17(19-15)16-5-4-11-23-16/h4-9,11-12H,2-3,10H2,1H3.